The second-order valence-electron chi connectivity index (χ2n) is 2.97. The molecule has 1 heterocycles. The number of nitrogens with one attached hydrogen (secondary N) is 2. The van der Waals surface area contributed by atoms with Crippen molar-refractivity contribution in [2.24, 2.45) is 0 Å². The number of rotatable bonds is 2. The summed E-state index contributed by atoms with van der Waals surface area (Å²) in [4.78, 5) is 16.4. The van der Waals surface area contributed by atoms with Gasteiger partial charge in [-0.3, -0.25) is 0 Å². The van der Waals surface area contributed by atoms with Crippen LogP contribution in [0, 0.1) is 0 Å². The van der Waals surface area contributed by atoms with Gasteiger partial charge in [0.05, 0.1) is 11.0 Å². The van der Waals surface area contributed by atoms with E-state index < -0.39 is 0 Å². The molecule has 0 spiro atoms. The van der Waals surface area contributed by atoms with E-state index in [9.17, 15) is 4.79 Å². The van der Waals surface area contributed by atoms with Crippen molar-refractivity contribution in [1.29, 1.82) is 0 Å². The standard InChI is InChI=1S/C10H10N2OS/c13-10-11-8-4-3-7(2-1-5-14)6-9(8)12-10/h1-4,6,14H,5H2,(H2,11,12,13). The second kappa shape index (κ2) is 3.75. The Morgan fingerprint density at radius 3 is 2.86 bits per heavy atom. The Bertz CT molecular complexity index is 524. The summed E-state index contributed by atoms with van der Waals surface area (Å²) >= 11 is 4.08. The van der Waals surface area contributed by atoms with Gasteiger partial charge in [-0.2, -0.15) is 12.6 Å². The number of H-pyrrole nitrogens is 2. The Labute approximate surface area is 86.3 Å². The maximum atomic E-state index is 11.0. The summed E-state index contributed by atoms with van der Waals surface area (Å²) in [6, 6.07) is 5.75. The van der Waals surface area contributed by atoms with Gasteiger partial charge in [-0.25, -0.2) is 4.79 Å². The predicted molar refractivity (Wildman–Crippen MR) is 61.8 cm³/mol. The fourth-order valence-corrected chi connectivity index (χ4v) is 1.45. The summed E-state index contributed by atoms with van der Waals surface area (Å²) in [5.74, 6) is 0.710. The summed E-state index contributed by atoms with van der Waals surface area (Å²) < 4.78 is 0. The third-order valence-electron chi connectivity index (χ3n) is 1.96. The first kappa shape index (κ1) is 9.15. The van der Waals surface area contributed by atoms with Crippen molar-refractivity contribution >= 4 is 29.7 Å². The molecule has 0 amide bonds. The van der Waals surface area contributed by atoms with Crippen LogP contribution in [0.1, 0.15) is 5.56 Å². The third kappa shape index (κ3) is 1.75. The molecule has 2 rings (SSSR count). The minimum Gasteiger partial charge on any atom is -0.306 e. The van der Waals surface area contributed by atoms with Gasteiger partial charge in [0.1, 0.15) is 0 Å². The zero-order valence-electron chi connectivity index (χ0n) is 7.45. The summed E-state index contributed by atoms with van der Waals surface area (Å²) in [7, 11) is 0. The monoisotopic (exact) mass is 206 g/mol. The number of imidazole rings is 1. The molecule has 3 nitrogen and oxygen atoms in total. The number of hydrogen-bond donors (Lipinski definition) is 3. The lowest BCUT2D eigenvalue weighted by Gasteiger charge is -1.92. The molecule has 0 bridgehead atoms. The molecule has 72 valence electrons. The molecule has 0 atom stereocenters. The molecule has 0 saturated carbocycles. The van der Waals surface area contributed by atoms with Crippen LogP contribution >= 0.6 is 12.6 Å². The molecule has 2 aromatic rings. The van der Waals surface area contributed by atoms with E-state index >= 15 is 0 Å². The predicted octanol–water partition coefficient (Wildman–Crippen LogP) is 1.80. The number of aromatic amines is 2. The van der Waals surface area contributed by atoms with E-state index in [0.717, 1.165) is 16.6 Å². The molecule has 0 aliphatic heterocycles. The molecule has 0 aliphatic rings. The van der Waals surface area contributed by atoms with Crippen molar-refractivity contribution in [2.75, 3.05) is 5.75 Å². The zero-order valence-corrected chi connectivity index (χ0v) is 8.34. The van der Waals surface area contributed by atoms with Gasteiger partial charge in [0.25, 0.3) is 0 Å². The smallest absolute Gasteiger partial charge is 0.306 e. The molecule has 4 heteroatoms. The Morgan fingerprint density at radius 1 is 1.29 bits per heavy atom. The van der Waals surface area contributed by atoms with Gasteiger partial charge >= 0.3 is 5.69 Å². The largest absolute Gasteiger partial charge is 0.323 e. The number of benzene rings is 1. The molecule has 0 saturated heterocycles. The topological polar surface area (TPSA) is 48.6 Å². The van der Waals surface area contributed by atoms with Crippen LogP contribution < -0.4 is 5.69 Å². The molecule has 0 radical (unpaired) electrons. The highest BCUT2D eigenvalue weighted by molar-refractivity contribution is 7.80. The van der Waals surface area contributed by atoms with Crippen molar-refractivity contribution in [3.05, 3.63) is 40.3 Å². The average molecular weight is 206 g/mol. The number of aromatic nitrogens is 2. The lowest BCUT2D eigenvalue weighted by Crippen LogP contribution is -1.99. The fraction of sp³-hybridized carbons (Fsp3) is 0.100. The molecule has 0 aliphatic carbocycles. The van der Waals surface area contributed by atoms with E-state index in [0.29, 0.717) is 5.75 Å². The van der Waals surface area contributed by atoms with Gasteiger partial charge in [0.2, 0.25) is 0 Å². The number of hydrogen-bond acceptors (Lipinski definition) is 2. The molecule has 1 aromatic heterocycles. The van der Waals surface area contributed by atoms with E-state index in [2.05, 4.69) is 22.6 Å². The van der Waals surface area contributed by atoms with Crippen molar-refractivity contribution in [3.63, 3.8) is 0 Å². The highest BCUT2D eigenvalue weighted by Crippen LogP contribution is 2.11. The first-order valence-electron chi connectivity index (χ1n) is 4.29. The second-order valence-corrected chi connectivity index (χ2v) is 3.33. The maximum absolute atomic E-state index is 11.0. The van der Waals surface area contributed by atoms with Crippen molar-refractivity contribution in [3.8, 4) is 0 Å². The lowest BCUT2D eigenvalue weighted by molar-refractivity contribution is 1.21. The fourth-order valence-electron chi connectivity index (χ4n) is 1.34. The van der Waals surface area contributed by atoms with E-state index in [1.54, 1.807) is 0 Å². The molecule has 1 aromatic carbocycles. The van der Waals surface area contributed by atoms with Gasteiger partial charge in [0.15, 0.2) is 0 Å². The quantitative estimate of drug-likeness (QED) is 0.645. The van der Waals surface area contributed by atoms with Gasteiger partial charge < -0.3 is 9.97 Å². The van der Waals surface area contributed by atoms with Crippen LogP contribution in [0.4, 0.5) is 0 Å². The highest BCUT2D eigenvalue weighted by atomic mass is 32.1. The SMILES string of the molecule is O=c1[nH]c2ccc(C=CCS)cc2[nH]1. The van der Waals surface area contributed by atoms with E-state index in [1.807, 2.05) is 30.4 Å². The zero-order chi connectivity index (χ0) is 9.97. The molecule has 2 N–H and O–H groups in total. The van der Waals surface area contributed by atoms with E-state index in [4.69, 9.17) is 0 Å². The van der Waals surface area contributed by atoms with Gasteiger partial charge in [-0.05, 0) is 17.7 Å². The van der Waals surface area contributed by atoms with E-state index in [-0.39, 0.29) is 5.69 Å². The van der Waals surface area contributed by atoms with Crippen LogP contribution in [0.2, 0.25) is 0 Å². The summed E-state index contributed by atoms with van der Waals surface area (Å²) in [5.41, 5.74) is 2.55. The first-order valence-corrected chi connectivity index (χ1v) is 4.92. The maximum Gasteiger partial charge on any atom is 0.323 e. The highest BCUT2D eigenvalue weighted by Gasteiger charge is 1.96. The normalized spacial score (nSPS) is 11.5. The Balaban J connectivity index is 2.50. The van der Waals surface area contributed by atoms with Crippen LogP contribution in [0.3, 0.4) is 0 Å². The van der Waals surface area contributed by atoms with Crippen molar-refractivity contribution in [2.45, 2.75) is 0 Å². The number of fused-ring (bicyclic) bond motifs is 1. The van der Waals surface area contributed by atoms with Crippen LogP contribution in [0.25, 0.3) is 17.1 Å². The molecular weight excluding hydrogens is 196 g/mol. The molecule has 0 unspecified atom stereocenters. The van der Waals surface area contributed by atoms with Gasteiger partial charge in [0, 0.05) is 5.75 Å². The molecular formula is C10H10N2OS. The third-order valence-corrected chi connectivity index (χ3v) is 2.17. The van der Waals surface area contributed by atoms with Gasteiger partial charge in [-0.1, -0.05) is 18.2 Å². The summed E-state index contributed by atoms with van der Waals surface area (Å²) in [5, 5.41) is 0. The summed E-state index contributed by atoms with van der Waals surface area (Å²) in [6.45, 7) is 0. The van der Waals surface area contributed by atoms with Crippen LogP contribution in [-0.4, -0.2) is 15.7 Å². The van der Waals surface area contributed by atoms with Crippen LogP contribution in [0.15, 0.2) is 29.1 Å². The summed E-state index contributed by atoms with van der Waals surface area (Å²) in [6.07, 6.45) is 3.92. The number of thiol groups is 1. The molecule has 0 fully saturated rings. The van der Waals surface area contributed by atoms with Crippen LogP contribution in [0.5, 0.6) is 0 Å². The minimum absolute atomic E-state index is 0.171. The van der Waals surface area contributed by atoms with Crippen molar-refractivity contribution < 1.29 is 0 Å². The van der Waals surface area contributed by atoms with Crippen LogP contribution in [-0.2, 0) is 0 Å². The van der Waals surface area contributed by atoms with Crippen molar-refractivity contribution in [1.82, 2.24) is 9.97 Å². The Hall–Kier alpha value is -1.42. The minimum atomic E-state index is -0.171. The van der Waals surface area contributed by atoms with Gasteiger partial charge in [-0.15, -0.1) is 0 Å². The first-order chi connectivity index (χ1) is 6.79. The average Bonchev–Trinajstić information content (AvgIpc) is 2.54. The molecule has 14 heavy (non-hydrogen) atoms. The van der Waals surface area contributed by atoms with E-state index in [1.165, 1.54) is 0 Å². The lowest BCUT2D eigenvalue weighted by atomic mass is 10.2. The Morgan fingerprint density at radius 2 is 2.07 bits per heavy atom. The Kier molecular flexibility index (Phi) is 2.45.